The predicted octanol–water partition coefficient (Wildman–Crippen LogP) is 5.70. The van der Waals surface area contributed by atoms with Gasteiger partial charge in [0.15, 0.2) is 6.20 Å². The van der Waals surface area contributed by atoms with Gasteiger partial charge in [-0.1, -0.05) is 24.3 Å². The second-order valence-corrected chi connectivity index (χ2v) is 8.11. The summed E-state index contributed by atoms with van der Waals surface area (Å²) in [7, 11) is 2.15. The highest BCUT2D eigenvalue weighted by Gasteiger charge is 2.33. The summed E-state index contributed by atoms with van der Waals surface area (Å²) < 4.78 is 8.94. The van der Waals surface area contributed by atoms with Crippen LogP contribution in [0, 0.1) is 13.8 Å². The van der Waals surface area contributed by atoms with Crippen molar-refractivity contribution in [1.82, 2.24) is 0 Å². The normalized spacial score (nSPS) is 14.3. The van der Waals surface area contributed by atoms with Gasteiger partial charge in [-0.15, -0.1) is 0 Å². The van der Waals surface area contributed by atoms with Crippen LogP contribution in [0.4, 0.5) is 0 Å². The molecule has 3 aromatic carbocycles. The van der Waals surface area contributed by atoms with Crippen LogP contribution in [-0.4, -0.2) is 0 Å². The topological polar surface area (TPSA) is 13.1 Å². The number of ether oxygens (including phenoxy) is 1. The van der Waals surface area contributed by atoms with Crippen molar-refractivity contribution < 1.29 is 9.30 Å². The van der Waals surface area contributed by atoms with Gasteiger partial charge in [0, 0.05) is 11.6 Å². The van der Waals surface area contributed by atoms with Crippen LogP contribution >= 0.6 is 0 Å². The Morgan fingerprint density at radius 1 is 1.00 bits per heavy atom. The Bertz CT molecular complexity index is 1300. The summed E-state index contributed by atoms with van der Waals surface area (Å²) in [4.78, 5) is 0. The van der Waals surface area contributed by atoms with Gasteiger partial charge in [-0.3, -0.25) is 0 Å². The third-order valence-corrected chi connectivity index (χ3v) is 6.40. The Kier molecular flexibility index (Phi) is 2.87. The molecule has 2 heteroatoms. The van der Waals surface area contributed by atoms with E-state index in [4.69, 9.17) is 4.74 Å². The standard InChI is InChI=1S/C25H22NO/c1-14-12-17-10-11-26(3)24-21-15(2)18-8-4-6-16-7-5-9-19(22(16)18)25(21)27-20(13-14)23(17)24/h4,6,8,10-13H,5,7,9H2,1-3H3/q+1. The molecule has 0 unspecified atom stereocenters. The van der Waals surface area contributed by atoms with Crippen molar-refractivity contribution >= 4 is 21.5 Å². The third-order valence-electron chi connectivity index (χ3n) is 6.40. The lowest BCUT2D eigenvalue weighted by Gasteiger charge is -2.28. The van der Waals surface area contributed by atoms with E-state index in [0.717, 1.165) is 17.9 Å². The van der Waals surface area contributed by atoms with Gasteiger partial charge in [-0.05, 0) is 72.0 Å². The van der Waals surface area contributed by atoms with Gasteiger partial charge in [-0.2, -0.15) is 0 Å². The average Bonchev–Trinajstić information content (AvgIpc) is 2.67. The molecule has 0 fully saturated rings. The van der Waals surface area contributed by atoms with E-state index in [2.05, 4.69) is 68.1 Å². The zero-order chi connectivity index (χ0) is 18.3. The van der Waals surface area contributed by atoms with Crippen molar-refractivity contribution in [3.8, 4) is 22.8 Å². The second kappa shape index (κ2) is 5.10. The number of aryl methyl sites for hydroxylation is 5. The second-order valence-electron chi connectivity index (χ2n) is 8.11. The van der Waals surface area contributed by atoms with Crippen LogP contribution in [0.15, 0.2) is 42.6 Å². The molecule has 0 bridgehead atoms. The van der Waals surface area contributed by atoms with E-state index in [1.165, 1.54) is 67.9 Å². The van der Waals surface area contributed by atoms with Gasteiger partial charge in [0.1, 0.15) is 18.5 Å². The Hall–Kier alpha value is -2.87. The highest BCUT2D eigenvalue weighted by atomic mass is 16.5. The zero-order valence-corrected chi connectivity index (χ0v) is 16.0. The molecule has 2 nitrogen and oxygen atoms in total. The van der Waals surface area contributed by atoms with E-state index < -0.39 is 0 Å². The van der Waals surface area contributed by atoms with E-state index in [9.17, 15) is 0 Å². The van der Waals surface area contributed by atoms with Crippen LogP contribution < -0.4 is 9.30 Å². The number of fused-ring (bicyclic) bond motifs is 3. The monoisotopic (exact) mass is 352 g/mol. The first-order valence-electron chi connectivity index (χ1n) is 9.82. The molecule has 2 aliphatic rings. The number of hydrogen-bond donors (Lipinski definition) is 0. The van der Waals surface area contributed by atoms with Crippen LogP contribution in [0.5, 0.6) is 11.5 Å². The molecule has 0 radical (unpaired) electrons. The van der Waals surface area contributed by atoms with Gasteiger partial charge in [-0.25, -0.2) is 4.57 Å². The quantitative estimate of drug-likeness (QED) is 0.326. The van der Waals surface area contributed by atoms with Crippen molar-refractivity contribution in [2.45, 2.75) is 33.1 Å². The maximum Gasteiger partial charge on any atom is 0.228 e. The number of aromatic nitrogens is 1. The van der Waals surface area contributed by atoms with Gasteiger partial charge >= 0.3 is 0 Å². The molecule has 1 aliphatic carbocycles. The maximum absolute atomic E-state index is 6.67. The highest BCUT2D eigenvalue weighted by Crippen LogP contribution is 2.52. The Labute approximate surface area is 159 Å². The molecule has 0 atom stereocenters. The van der Waals surface area contributed by atoms with Crippen molar-refractivity contribution in [2.75, 3.05) is 0 Å². The lowest BCUT2D eigenvalue weighted by molar-refractivity contribution is -0.659. The predicted molar refractivity (Wildman–Crippen MR) is 110 cm³/mol. The fourth-order valence-electron chi connectivity index (χ4n) is 5.24. The van der Waals surface area contributed by atoms with E-state index in [1.807, 2.05) is 0 Å². The minimum atomic E-state index is 1.00. The van der Waals surface area contributed by atoms with Gasteiger partial charge < -0.3 is 4.74 Å². The summed E-state index contributed by atoms with van der Waals surface area (Å²) in [5.41, 5.74) is 8.02. The van der Waals surface area contributed by atoms with Gasteiger partial charge in [0.25, 0.3) is 0 Å². The van der Waals surface area contributed by atoms with Crippen molar-refractivity contribution in [2.24, 2.45) is 7.05 Å². The van der Waals surface area contributed by atoms with Gasteiger partial charge in [0.2, 0.25) is 5.69 Å². The van der Waals surface area contributed by atoms with Gasteiger partial charge in [0.05, 0.1) is 10.9 Å². The number of nitrogens with zero attached hydrogens (tertiary/aromatic N) is 1. The molecule has 4 aromatic rings. The van der Waals surface area contributed by atoms with Crippen LogP contribution in [0.2, 0.25) is 0 Å². The summed E-state index contributed by atoms with van der Waals surface area (Å²) in [6, 6.07) is 13.4. The number of benzene rings is 3. The lowest BCUT2D eigenvalue weighted by Crippen LogP contribution is -2.32. The Morgan fingerprint density at radius 3 is 2.78 bits per heavy atom. The molecule has 27 heavy (non-hydrogen) atoms. The molecule has 0 N–H and O–H groups in total. The molecule has 2 heterocycles. The van der Waals surface area contributed by atoms with Crippen molar-refractivity contribution in [1.29, 1.82) is 0 Å². The molecule has 0 amide bonds. The molecular weight excluding hydrogens is 330 g/mol. The van der Waals surface area contributed by atoms with E-state index in [0.29, 0.717) is 0 Å². The minimum absolute atomic E-state index is 1.00. The third kappa shape index (κ3) is 1.88. The number of hydrogen-bond acceptors (Lipinski definition) is 1. The SMILES string of the molecule is Cc1cc2c3c([n+](C)ccc3c1)-c1c(c3c4c(cccc4c1C)CCC3)O2. The molecule has 0 saturated heterocycles. The molecular formula is C25H22NO+. The summed E-state index contributed by atoms with van der Waals surface area (Å²) in [5, 5.41) is 5.31. The fourth-order valence-corrected chi connectivity index (χ4v) is 5.24. The number of pyridine rings is 1. The van der Waals surface area contributed by atoms with Crippen LogP contribution in [0.1, 0.15) is 28.7 Å². The van der Waals surface area contributed by atoms with Crippen molar-refractivity contribution in [3.63, 3.8) is 0 Å². The molecule has 132 valence electrons. The first-order valence-corrected chi connectivity index (χ1v) is 9.82. The molecule has 0 saturated carbocycles. The molecule has 6 rings (SSSR count). The van der Waals surface area contributed by atoms with Crippen molar-refractivity contribution in [3.05, 3.63) is 64.8 Å². The molecule has 0 spiro atoms. The van der Waals surface area contributed by atoms with Crippen LogP contribution in [-0.2, 0) is 19.9 Å². The fraction of sp³-hybridized carbons (Fsp3) is 0.240. The number of rotatable bonds is 0. The average molecular weight is 352 g/mol. The Balaban J connectivity index is 1.86. The Morgan fingerprint density at radius 2 is 1.89 bits per heavy atom. The van der Waals surface area contributed by atoms with E-state index in [-0.39, 0.29) is 0 Å². The van der Waals surface area contributed by atoms with Crippen LogP contribution in [0.3, 0.4) is 0 Å². The maximum atomic E-state index is 6.67. The lowest BCUT2D eigenvalue weighted by atomic mass is 9.82. The smallest absolute Gasteiger partial charge is 0.228 e. The molecule has 1 aromatic heterocycles. The summed E-state index contributed by atoms with van der Waals surface area (Å²) in [6.07, 6.45) is 5.64. The van der Waals surface area contributed by atoms with E-state index >= 15 is 0 Å². The molecule has 1 aliphatic heterocycles. The summed E-state index contributed by atoms with van der Waals surface area (Å²) >= 11 is 0. The minimum Gasteiger partial charge on any atom is -0.455 e. The largest absolute Gasteiger partial charge is 0.455 e. The van der Waals surface area contributed by atoms with E-state index in [1.54, 1.807) is 0 Å². The van der Waals surface area contributed by atoms with Crippen LogP contribution in [0.25, 0.3) is 32.8 Å². The first-order chi connectivity index (χ1) is 13.1. The zero-order valence-electron chi connectivity index (χ0n) is 16.0. The highest BCUT2D eigenvalue weighted by molar-refractivity contribution is 6.07. The summed E-state index contributed by atoms with van der Waals surface area (Å²) in [5.74, 6) is 2.09. The first kappa shape index (κ1) is 15.2. The summed E-state index contributed by atoms with van der Waals surface area (Å²) in [6.45, 7) is 4.41.